The monoisotopic (exact) mass is 365 g/mol. The molecule has 1 fully saturated rings. The standard InChI is InChI=1S/C20H23N5O2/c1-27-20(26)18-10-14-3-4-15(9-17(14)24-18)19-12-22-16(11-23-19)13-25-7-2-5-21-6-8-25/h3-4,9-12,21,24H,2,5-8,13H2,1H3. The predicted molar refractivity (Wildman–Crippen MR) is 103 cm³/mol. The molecule has 0 atom stereocenters. The Balaban J connectivity index is 1.51. The molecule has 0 spiro atoms. The first-order valence-electron chi connectivity index (χ1n) is 9.18. The molecule has 2 aromatic heterocycles. The molecule has 0 aliphatic carbocycles. The predicted octanol–water partition coefficient (Wildman–Crippen LogP) is 2.21. The molecule has 0 amide bonds. The van der Waals surface area contributed by atoms with Crippen LogP contribution in [0.5, 0.6) is 0 Å². The van der Waals surface area contributed by atoms with Crippen LogP contribution in [0.25, 0.3) is 22.2 Å². The van der Waals surface area contributed by atoms with Gasteiger partial charge < -0.3 is 15.0 Å². The summed E-state index contributed by atoms with van der Waals surface area (Å²) in [5.74, 6) is -0.374. The van der Waals surface area contributed by atoms with E-state index >= 15 is 0 Å². The number of aromatic amines is 1. The van der Waals surface area contributed by atoms with E-state index in [1.165, 1.54) is 7.11 Å². The zero-order valence-electron chi connectivity index (χ0n) is 15.4. The number of aromatic nitrogens is 3. The number of H-pyrrole nitrogens is 1. The molecule has 7 nitrogen and oxygen atoms in total. The van der Waals surface area contributed by atoms with E-state index in [1.54, 1.807) is 6.07 Å². The van der Waals surface area contributed by atoms with Gasteiger partial charge in [-0.2, -0.15) is 0 Å². The minimum Gasteiger partial charge on any atom is -0.464 e. The minimum absolute atomic E-state index is 0.374. The van der Waals surface area contributed by atoms with E-state index in [-0.39, 0.29) is 5.97 Å². The normalized spacial score (nSPS) is 15.6. The molecule has 1 saturated heterocycles. The lowest BCUT2D eigenvalue weighted by molar-refractivity contribution is 0.0595. The highest BCUT2D eigenvalue weighted by atomic mass is 16.5. The van der Waals surface area contributed by atoms with Crippen LogP contribution in [-0.2, 0) is 11.3 Å². The van der Waals surface area contributed by atoms with Gasteiger partial charge in [0.25, 0.3) is 0 Å². The molecule has 3 heterocycles. The maximum Gasteiger partial charge on any atom is 0.354 e. The second-order valence-corrected chi connectivity index (χ2v) is 6.75. The average Bonchev–Trinajstić information content (AvgIpc) is 2.97. The van der Waals surface area contributed by atoms with E-state index in [1.807, 2.05) is 30.6 Å². The third kappa shape index (κ3) is 3.99. The van der Waals surface area contributed by atoms with Crippen LogP contribution >= 0.6 is 0 Å². The average molecular weight is 365 g/mol. The van der Waals surface area contributed by atoms with Crippen LogP contribution in [0, 0.1) is 0 Å². The zero-order valence-corrected chi connectivity index (χ0v) is 15.4. The Morgan fingerprint density at radius 3 is 2.93 bits per heavy atom. The first kappa shape index (κ1) is 17.6. The summed E-state index contributed by atoms with van der Waals surface area (Å²) in [6.45, 7) is 5.06. The molecule has 1 aliphatic rings. The van der Waals surface area contributed by atoms with E-state index in [9.17, 15) is 4.79 Å². The first-order valence-corrected chi connectivity index (χ1v) is 9.18. The number of nitrogens with one attached hydrogen (secondary N) is 2. The highest BCUT2D eigenvalue weighted by Gasteiger charge is 2.12. The zero-order chi connectivity index (χ0) is 18.6. The van der Waals surface area contributed by atoms with Gasteiger partial charge in [0.05, 0.1) is 30.9 Å². The van der Waals surface area contributed by atoms with E-state index < -0.39 is 0 Å². The second kappa shape index (κ2) is 7.85. The third-order valence-electron chi connectivity index (χ3n) is 4.85. The Hall–Kier alpha value is -2.77. The Morgan fingerprint density at radius 1 is 1.19 bits per heavy atom. The number of benzene rings is 1. The molecule has 7 heteroatoms. The molecule has 4 rings (SSSR count). The fourth-order valence-corrected chi connectivity index (χ4v) is 3.38. The van der Waals surface area contributed by atoms with Gasteiger partial charge in [-0.05, 0) is 31.6 Å². The van der Waals surface area contributed by atoms with Gasteiger partial charge >= 0.3 is 5.97 Å². The van der Waals surface area contributed by atoms with Gasteiger partial charge in [0.2, 0.25) is 0 Å². The van der Waals surface area contributed by atoms with Gasteiger partial charge in [-0.3, -0.25) is 14.9 Å². The van der Waals surface area contributed by atoms with E-state index in [4.69, 9.17) is 4.74 Å². The Morgan fingerprint density at radius 2 is 2.11 bits per heavy atom. The number of rotatable bonds is 4. The quantitative estimate of drug-likeness (QED) is 0.690. The summed E-state index contributed by atoms with van der Waals surface area (Å²) >= 11 is 0. The van der Waals surface area contributed by atoms with Crippen molar-refractivity contribution >= 4 is 16.9 Å². The molecular formula is C20H23N5O2. The van der Waals surface area contributed by atoms with Crippen LogP contribution in [0.3, 0.4) is 0 Å². The fourth-order valence-electron chi connectivity index (χ4n) is 3.38. The van der Waals surface area contributed by atoms with Gasteiger partial charge in [0.1, 0.15) is 5.69 Å². The molecule has 3 aromatic rings. The Bertz CT molecular complexity index is 927. The van der Waals surface area contributed by atoms with Crippen LogP contribution in [0.2, 0.25) is 0 Å². The van der Waals surface area contributed by atoms with Crippen molar-refractivity contribution in [2.24, 2.45) is 0 Å². The van der Waals surface area contributed by atoms with E-state index in [2.05, 4.69) is 25.2 Å². The highest BCUT2D eigenvalue weighted by molar-refractivity contribution is 5.95. The molecule has 140 valence electrons. The number of carbonyl (C=O) groups excluding carboxylic acids is 1. The fraction of sp³-hybridized carbons (Fsp3) is 0.350. The van der Waals surface area contributed by atoms with Crippen LogP contribution in [0.15, 0.2) is 36.7 Å². The molecule has 0 bridgehead atoms. The number of ether oxygens (including phenoxy) is 1. The van der Waals surface area contributed by atoms with Gasteiger partial charge in [-0.25, -0.2) is 4.79 Å². The number of fused-ring (bicyclic) bond motifs is 1. The summed E-state index contributed by atoms with van der Waals surface area (Å²) in [5, 5.41) is 4.37. The maximum atomic E-state index is 11.7. The third-order valence-corrected chi connectivity index (χ3v) is 4.85. The van der Waals surface area contributed by atoms with Gasteiger partial charge in [-0.1, -0.05) is 12.1 Å². The topological polar surface area (TPSA) is 83.1 Å². The second-order valence-electron chi connectivity index (χ2n) is 6.75. The number of methoxy groups -OCH3 is 1. The lowest BCUT2D eigenvalue weighted by Crippen LogP contribution is -2.28. The Labute approximate surface area is 157 Å². The minimum atomic E-state index is -0.374. The largest absolute Gasteiger partial charge is 0.464 e. The van der Waals surface area contributed by atoms with Crippen LogP contribution in [0.1, 0.15) is 22.6 Å². The van der Waals surface area contributed by atoms with Crippen LogP contribution in [-0.4, -0.2) is 59.1 Å². The summed E-state index contributed by atoms with van der Waals surface area (Å²) in [7, 11) is 1.37. The molecule has 1 aromatic carbocycles. The van der Waals surface area contributed by atoms with Crippen LogP contribution < -0.4 is 5.32 Å². The van der Waals surface area contributed by atoms with Crippen molar-refractivity contribution in [2.75, 3.05) is 33.3 Å². The van der Waals surface area contributed by atoms with Gasteiger partial charge in [-0.15, -0.1) is 0 Å². The van der Waals surface area contributed by atoms with Crippen molar-refractivity contribution in [1.29, 1.82) is 0 Å². The lowest BCUT2D eigenvalue weighted by Gasteiger charge is -2.18. The van der Waals surface area contributed by atoms with E-state index in [0.717, 1.165) is 67.0 Å². The number of hydrogen-bond acceptors (Lipinski definition) is 6. The smallest absolute Gasteiger partial charge is 0.354 e. The molecule has 0 radical (unpaired) electrons. The van der Waals surface area contributed by atoms with Gasteiger partial charge in [0, 0.05) is 36.1 Å². The van der Waals surface area contributed by atoms with Crippen molar-refractivity contribution in [3.05, 3.63) is 48.0 Å². The first-order chi connectivity index (χ1) is 13.2. The molecule has 0 unspecified atom stereocenters. The van der Waals surface area contributed by atoms with E-state index in [0.29, 0.717) is 5.69 Å². The Kier molecular flexibility index (Phi) is 5.13. The molecule has 2 N–H and O–H groups in total. The number of esters is 1. The van der Waals surface area contributed by atoms with Crippen LogP contribution in [0.4, 0.5) is 0 Å². The van der Waals surface area contributed by atoms with Gasteiger partial charge in [0.15, 0.2) is 0 Å². The maximum absolute atomic E-state index is 11.7. The summed E-state index contributed by atoms with van der Waals surface area (Å²) in [5.41, 5.74) is 4.06. The number of nitrogens with zero attached hydrogens (tertiary/aromatic N) is 3. The van der Waals surface area contributed by atoms with Crippen molar-refractivity contribution in [2.45, 2.75) is 13.0 Å². The molecule has 1 aliphatic heterocycles. The summed E-state index contributed by atoms with van der Waals surface area (Å²) in [6.07, 6.45) is 4.83. The number of carbonyl (C=O) groups is 1. The summed E-state index contributed by atoms with van der Waals surface area (Å²) in [4.78, 5) is 26.4. The summed E-state index contributed by atoms with van der Waals surface area (Å²) in [6, 6.07) is 7.72. The highest BCUT2D eigenvalue weighted by Crippen LogP contribution is 2.23. The van der Waals surface area contributed by atoms with Crippen molar-refractivity contribution in [1.82, 2.24) is 25.2 Å². The lowest BCUT2D eigenvalue weighted by atomic mass is 10.1. The molecule has 27 heavy (non-hydrogen) atoms. The van der Waals surface area contributed by atoms with Crippen molar-refractivity contribution in [3.8, 4) is 11.3 Å². The van der Waals surface area contributed by atoms with Crippen molar-refractivity contribution < 1.29 is 9.53 Å². The van der Waals surface area contributed by atoms with Crippen molar-refractivity contribution in [3.63, 3.8) is 0 Å². The molecule has 0 saturated carbocycles. The molecular weight excluding hydrogens is 342 g/mol. The summed E-state index contributed by atoms with van der Waals surface area (Å²) < 4.78 is 4.76. The number of hydrogen-bond donors (Lipinski definition) is 2. The SMILES string of the molecule is COC(=O)c1cc2ccc(-c3cnc(CN4CCCNCC4)cn3)cc2[nH]1.